The number of rotatable bonds is 4. The maximum absolute atomic E-state index is 12.5. The molecule has 0 bridgehead atoms. The first-order valence-corrected chi connectivity index (χ1v) is 9.64. The maximum Gasteiger partial charge on any atom is 0.321 e. The average molecular weight is 375 g/mol. The van der Waals surface area contributed by atoms with Gasteiger partial charge >= 0.3 is 6.03 Å². The first kappa shape index (κ1) is 16.9. The number of hydrogen-bond acceptors (Lipinski definition) is 3. The van der Waals surface area contributed by atoms with Crippen molar-refractivity contribution in [3.05, 3.63) is 59.4 Å². The molecule has 0 unspecified atom stereocenters. The van der Waals surface area contributed by atoms with Gasteiger partial charge in [-0.3, -0.25) is 9.69 Å². The summed E-state index contributed by atoms with van der Waals surface area (Å²) in [5.41, 5.74) is 6.04. The number of fused-ring (bicyclic) bond motifs is 2. The first-order valence-electron chi connectivity index (χ1n) is 9.64. The summed E-state index contributed by atoms with van der Waals surface area (Å²) in [6, 6.07) is 11.5. The molecule has 6 nitrogen and oxygen atoms in total. The Morgan fingerprint density at radius 3 is 2.68 bits per heavy atom. The predicted molar refractivity (Wildman–Crippen MR) is 108 cm³/mol. The molecular formula is C22H21N3O3. The summed E-state index contributed by atoms with van der Waals surface area (Å²) in [7, 11) is 0. The molecule has 2 heterocycles. The van der Waals surface area contributed by atoms with Crippen LogP contribution in [0, 0.1) is 0 Å². The van der Waals surface area contributed by atoms with Crippen LogP contribution in [0.5, 0.6) is 0 Å². The quantitative estimate of drug-likeness (QED) is 0.731. The van der Waals surface area contributed by atoms with Crippen molar-refractivity contribution in [3.63, 3.8) is 0 Å². The molecule has 3 amide bonds. The predicted octanol–water partition coefficient (Wildman–Crippen LogP) is 3.63. The lowest BCUT2D eigenvalue weighted by Gasteiger charge is -2.14. The highest BCUT2D eigenvalue weighted by molar-refractivity contribution is 5.97. The van der Waals surface area contributed by atoms with Gasteiger partial charge in [0.25, 0.3) is 0 Å². The molecular weight excluding hydrogens is 354 g/mol. The van der Waals surface area contributed by atoms with Gasteiger partial charge in [0.1, 0.15) is 5.58 Å². The summed E-state index contributed by atoms with van der Waals surface area (Å²) < 4.78 is 5.68. The van der Waals surface area contributed by atoms with Gasteiger partial charge in [0, 0.05) is 35.4 Å². The molecule has 142 valence electrons. The highest BCUT2D eigenvalue weighted by Gasteiger charge is 2.21. The van der Waals surface area contributed by atoms with Gasteiger partial charge in [0.2, 0.25) is 5.91 Å². The highest BCUT2D eigenvalue weighted by atomic mass is 16.3. The highest BCUT2D eigenvalue weighted by Crippen LogP contribution is 2.30. The number of carbonyl (C=O) groups excluding carboxylic acids is 2. The van der Waals surface area contributed by atoms with Crippen molar-refractivity contribution in [3.8, 4) is 0 Å². The number of nitrogens with one attached hydrogen (secondary N) is 2. The Hall–Kier alpha value is -3.28. The Labute approximate surface area is 162 Å². The van der Waals surface area contributed by atoms with Gasteiger partial charge in [-0.25, -0.2) is 4.79 Å². The van der Waals surface area contributed by atoms with Crippen LogP contribution in [0.15, 0.2) is 47.1 Å². The molecule has 1 saturated heterocycles. The Morgan fingerprint density at radius 2 is 1.93 bits per heavy atom. The number of amides is 3. The first-order chi connectivity index (χ1) is 13.7. The molecule has 3 aromatic rings. The van der Waals surface area contributed by atoms with Gasteiger partial charge < -0.3 is 15.1 Å². The Kier molecular flexibility index (Phi) is 4.04. The smallest absolute Gasteiger partial charge is 0.321 e. The van der Waals surface area contributed by atoms with E-state index in [0.29, 0.717) is 18.8 Å². The second-order valence-electron chi connectivity index (χ2n) is 7.39. The number of nitrogens with zero attached hydrogens (tertiary/aromatic N) is 1. The van der Waals surface area contributed by atoms with E-state index < -0.39 is 0 Å². The normalized spacial score (nSPS) is 15.7. The maximum atomic E-state index is 12.5. The average Bonchev–Trinajstić information content (AvgIpc) is 3.41. The zero-order chi connectivity index (χ0) is 19.1. The molecule has 6 heteroatoms. The van der Waals surface area contributed by atoms with Crippen molar-refractivity contribution in [2.24, 2.45) is 0 Å². The summed E-state index contributed by atoms with van der Waals surface area (Å²) in [6.45, 7) is 1.31. The Morgan fingerprint density at radius 1 is 1.14 bits per heavy atom. The fraction of sp³-hybridized carbons (Fsp3) is 0.273. The molecule has 5 rings (SSSR count). The van der Waals surface area contributed by atoms with E-state index >= 15 is 0 Å². The van der Waals surface area contributed by atoms with Crippen LogP contribution in [0.3, 0.4) is 0 Å². The lowest BCUT2D eigenvalue weighted by Crippen LogP contribution is -2.27. The van der Waals surface area contributed by atoms with E-state index in [4.69, 9.17) is 4.42 Å². The van der Waals surface area contributed by atoms with Crippen LogP contribution in [-0.4, -0.2) is 25.0 Å². The molecule has 28 heavy (non-hydrogen) atoms. The zero-order valence-electron chi connectivity index (χ0n) is 15.5. The monoisotopic (exact) mass is 375 g/mol. The van der Waals surface area contributed by atoms with E-state index in [1.54, 1.807) is 11.2 Å². The third-order valence-corrected chi connectivity index (χ3v) is 5.54. The zero-order valence-corrected chi connectivity index (χ0v) is 15.5. The van der Waals surface area contributed by atoms with Gasteiger partial charge in [-0.2, -0.15) is 0 Å². The minimum Gasteiger partial charge on any atom is -0.464 e. The van der Waals surface area contributed by atoms with Gasteiger partial charge in [0.05, 0.1) is 12.7 Å². The molecule has 0 spiro atoms. The van der Waals surface area contributed by atoms with Crippen molar-refractivity contribution in [1.82, 2.24) is 5.32 Å². The number of benzene rings is 2. The van der Waals surface area contributed by atoms with Crippen LogP contribution in [0.4, 0.5) is 16.2 Å². The number of aryl methyl sites for hydroxylation is 2. The van der Waals surface area contributed by atoms with E-state index in [1.165, 1.54) is 17.5 Å². The van der Waals surface area contributed by atoms with Crippen LogP contribution >= 0.6 is 0 Å². The second-order valence-corrected chi connectivity index (χ2v) is 7.39. The van der Waals surface area contributed by atoms with Gasteiger partial charge in [0.15, 0.2) is 0 Å². The number of carbonyl (C=O) groups is 2. The van der Waals surface area contributed by atoms with E-state index in [0.717, 1.165) is 35.1 Å². The van der Waals surface area contributed by atoms with Gasteiger partial charge in [-0.05, 0) is 66.8 Å². The topological polar surface area (TPSA) is 74.6 Å². The number of anilines is 2. The fourth-order valence-corrected chi connectivity index (χ4v) is 4.11. The van der Waals surface area contributed by atoms with Crippen LogP contribution < -0.4 is 15.5 Å². The van der Waals surface area contributed by atoms with Crippen molar-refractivity contribution >= 4 is 34.3 Å². The minimum atomic E-state index is -0.0881. The van der Waals surface area contributed by atoms with Crippen molar-refractivity contribution < 1.29 is 14.0 Å². The summed E-state index contributed by atoms with van der Waals surface area (Å²) in [6.07, 6.45) is 5.35. The SMILES string of the molecule is O=C(Cc1coc2cc3c(cc12)CCC3)Nc1ccc(N2CCNC2=O)cc1. The van der Waals surface area contributed by atoms with Crippen LogP contribution in [-0.2, 0) is 24.1 Å². The van der Waals surface area contributed by atoms with Crippen molar-refractivity contribution in [2.75, 3.05) is 23.3 Å². The molecule has 1 aromatic heterocycles. The van der Waals surface area contributed by atoms with E-state index in [2.05, 4.69) is 22.8 Å². The van der Waals surface area contributed by atoms with E-state index in [-0.39, 0.29) is 18.4 Å². The molecule has 1 fully saturated rings. The molecule has 1 aliphatic heterocycles. The summed E-state index contributed by atoms with van der Waals surface area (Å²) in [4.78, 5) is 25.9. The standard InChI is InChI=1S/C22H21N3O3/c26-21(24-17-4-6-18(7-5-17)25-9-8-23-22(25)27)12-16-13-28-20-11-15-3-1-2-14(15)10-19(16)20/h4-7,10-11,13H,1-3,8-9,12H2,(H,23,27)(H,24,26). The molecule has 0 radical (unpaired) electrons. The number of urea groups is 1. The summed E-state index contributed by atoms with van der Waals surface area (Å²) in [5, 5.41) is 6.74. The minimum absolute atomic E-state index is 0.0879. The molecule has 0 atom stereocenters. The molecule has 1 aliphatic carbocycles. The van der Waals surface area contributed by atoms with Gasteiger partial charge in [-0.1, -0.05) is 0 Å². The van der Waals surface area contributed by atoms with Gasteiger partial charge in [-0.15, -0.1) is 0 Å². The molecule has 2 aliphatic rings. The number of furan rings is 1. The number of hydrogen-bond donors (Lipinski definition) is 2. The largest absolute Gasteiger partial charge is 0.464 e. The van der Waals surface area contributed by atoms with Crippen LogP contribution in [0.1, 0.15) is 23.1 Å². The third kappa shape index (κ3) is 3.01. The van der Waals surface area contributed by atoms with Crippen LogP contribution in [0.25, 0.3) is 11.0 Å². The summed E-state index contributed by atoms with van der Waals surface area (Å²) in [5.74, 6) is -0.0881. The van der Waals surface area contributed by atoms with Crippen molar-refractivity contribution in [1.29, 1.82) is 0 Å². The van der Waals surface area contributed by atoms with Crippen molar-refractivity contribution in [2.45, 2.75) is 25.7 Å². The second kappa shape index (κ2) is 6.71. The lowest BCUT2D eigenvalue weighted by atomic mass is 10.0. The lowest BCUT2D eigenvalue weighted by molar-refractivity contribution is -0.115. The molecule has 2 aromatic carbocycles. The molecule has 2 N–H and O–H groups in total. The van der Waals surface area contributed by atoms with E-state index in [1.807, 2.05) is 24.3 Å². The molecule has 0 saturated carbocycles. The Bertz CT molecular complexity index is 1070. The Balaban J connectivity index is 1.29. The van der Waals surface area contributed by atoms with Crippen LogP contribution in [0.2, 0.25) is 0 Å². The van der Waals surface area contributed by atoms with E-state index in [9.17, 15) is 9.59 Å². The fourth-order valence-electron chi connectivity index (χ4n) is 4.11. The summed E-state index contributed by atoms with van der Waals surface area (Å²) >= 11 is 0. The third-order valence-electron chi connectivity index (χ3n) is 5.54.